The van der Waals surface area contributed by atoms with Gasteiger partial charge in [0.2, 0.25) is 0 Å². The lowest BCUT2D eigenvalue weighted by Gasteiger charge is -2.32. The van der Waals surface area contributed by atoms with Crippen LogP contribution in [0.1, 0.15) is 61.3 Å². The predicted molar refractivity (Wildman–Crippen MR) is 123 cm³/mol. The number of carboxylic acid groups (broad SMARTS) is 1. The number of aliphatic imine (C=N–C) groups is 1. The van der Waals surface area contributed by atoms with E-state index in [1.165, 1.54) is 29.5 Å². The largest absolute Gasteiger partial charge is 0.489 e. The van der Waals surface area contributed by atoms with E-state index in [0.29, 0.717) is 6.61 Å². The van der Waals surface area contributed by atoms with Gasteiger partial charge in [0.25, 0.3) is 0 Å². The third kappa shape index (κ3) is 4.76. The van der Waals surface area contributed by atoms with E-state index in [2.05, 4.69) is 41.9 Å². The zero-order chi connectivity index (χ0) is 22.0. The van der Waals surface area contributed by atoms with Gasteiger partial charge < -0.3 is 14.7 Å². The van der Waals surface area contributed by atoms with Gasteiger partial charge in [0.15, 0.2) is 0 Å². The molecule has 0 spiro atoms. The number of amidine groups is 1. The van der Waals surface area contributed by atoms with Gasteiger partial charge in [-0.15, -0.1) is 0 Å². The predicted octanol–water partition coefficient (Wildman–Crippen LogP) is 4.78. The maximum atomic E-state index is 11.4. The summed E-state index contributed by atoms with van der Waals surface area (Å²) in [5.74, 6) is 0.595. The van der Waals surface area contributed by atoms with Crippen molar-refractivity contribution in [2.45, 2.75) is 57.5 Å². The lowest BCUT2D eigenvalue weighted by Crippen LogP contribution is -2.29. The molecule has 0 bridgehead atoms. The second-order valence-corrected chi connectivity index (χ2v) is 9.40. The number of carboxylic acids is 1. The molecule has 2 aliphatic rings. The van der Waals surface area contributed by atoms with Crippen molar-refractivity contribution in [3.8, 4) is 5.75 Å². The van der Waals surface area contributed by atoms with Crippen LogP contribution in [0.3, 0.4) is 0 Å². The Hall–Kier alpha value is -2.82. The van der Waals surface area contributed by atoms with Crippen molar-refractivity contribution in [1.29, 1.82) is 0 Å². The summed E-state index contributed by atoms with van der Waals surface area (Å²) in [6, 6.07) is 14.5. The van der Waals surface area contributed by atoms with Crippen molar-refractivity contribution < 1.29 is 14.6 Å². The van der Waals surface area contributed by atoms with Gasteiger partial charge in [0, 0.05) is 13.6 Å². The number of hydrogen-bond donors (Lipinski definition) is 1. The lowest BCUT2D eigenvalue weighted by molar-refractivity contribution is -0.137. The Balaban J connectivity index is 1.44. The van der Waals surface area contributed by atoms with E-state index in [9.17, 15) is 9.90 Å². The molecule has 31 heavy (non-hydrogen) atoms. The van der Waals surface area contributed by atoms with Crippen molar-refractivity contribution in [3.63, 3.8) is 0 Å². The third-order valence-electron chi connectivity index (χ3n) is 6.63. The quantitative estimate of drug-likeness (QED) is 0.700. The van der Waals surface area contributed by atoms with Crippen LogP contribution in [0.25, 0.3) is 0 Å². The van der Waals surface area contributed by atoms with E-state index in [0.717, 1.165) is 36.7 Å². The van der Waals surface area contributed by atoms with E-state index in [1.54, 1.807) is 0 Å². The maximum absolute atomic E-state index is 11.4. The summed E-state index contributed by atoms with van der Waals surface area (Å²) in [6.07, 6.45) is 3.66. The number of hydrogen-bond acceptors (Lipinski definition) is 4. The minimum atomic E-state index is -0.816. The molecule has 0 saturated carbocycles. The number of benzene rings is 2. The van der Waals surface area contributed by atoms with Crippen LogP contribution in [0.2, 0.25) is 0 Å². The summed E-state index contributed by atoms with van der Waals surface area (Å²) >= 11 is 0. The van der Waals surface area contributed by atoms with Crippen molar-refractivity contribution >= 4 is 11.8 Å². The number of fused-ring (bicyclic) bond motifs is 1. The Morgan fingerprint density at radius 3 is 2.68 bits per heavy atom. The molecule has 0 fully saturated rings. The van der Waals surface area contributed by atoms with Crippen LogP contribution in [0.15, 0.2) is 47.5 Å². The van der Waals surface area contributed by atoms with Crippen LogP contribution >= 0.6 is 0 Å². The summed E-state index contributed by atoms with van der Waals surface area (Å²) in [6.45, 7) is 6.75. The standard InChI is InChI=1S/C26H32N2O3/c1-26(2)12-4-5-20-15-18(6-11-23(20)26)17-31-21-9-7-19(8-10-21)22(16-24(29)30)25-27-13-14-28(25)3/h6-11,15,22H,4-5,12-14,16-17H2,1-3H3,(H,29,30)/t22-/m0/s1. The third-order valence-corrected chi connectivity index (χ3v) is 6.63. The second kappa shape index (κ2) is 8.74. The van der Waals surface area contributed by atoms with Gasteiger partial charge in [-0.1, -0.05) is 44.2 Å². The molecule has 5 heteroatoms. The van der Waals surface area contributed by atoms with Crippen molar-refractivity contribution in [2.75, 3.05) is 20.1 Å². The topological polar surface area (TPSA) is 62.1 Å². The van der Waals surface area contributed by atoms with Crippen molar-refractivity contribution in [3.05, 3.63) is 64.7 Å². The molecule has 5 nitrogen and oxygen atoms in total. The van der Waals surface area contributed by atoms with E-state index < -0.39 is 5.97 Å². The molecule has 0 amide bonds. The number of nitrogens with zero attached hydrogens (tertiary/aromatic N) is 2. The molecule has 0 radical (unpaired) electrons. The Bertz CT molecular complexity index is 979. The van der Waals surface area contributed by atoms with E-state index in [-0.39, 0.29) is 17.8 Å². The molecule has 1 aliphatic carbocycles. The molecule has 2 aromatic rings. The average molecular weight is 421 g/mol. The number of likely N-dealkylation sites (N-methyl/N-ethyl adjacent to an activating group) is 1. The number of rotatable bonds is 7. The van der Waals surface area contributed by atoms with Crippen LogP contribution in [0.4, 0.5) is 0 Å². The van der Waals surface area contributed by atoms with Gasteiger partial charge in [-0.25, -0.2) is 0 Å². The highest BCUT2D eigenvalue weighted by molar-refractivity contribution is 5.93. The minimum absolute atomic E-state index is 0.0366. The van der Waals surface area contributed by atoms with Gasteiger partial charge in [0.05, 0.1) is 18.9 Å². The van der Waals surface area contributed by atoms with Crippen LogP contribution in [-0.2, 0) is 23.2 Å². The van der Waals surface area contributed by atoms with Gasteiger partial charge in [0.1, 0.15) is 18.2 Å². The number of carbonyl (C=O) groups is 1. The monoisotopic (exact) mass is 420 g/mol. The van der Waals surface area contributed by atoms with E-state index in [4.69, 9.17) is 4.74 Å². The highest BCUT2D eigenvalue weighted by Gasteiger charge is 2.28. The summed E-state index contributed by atoms with van der Waals surface area (Å²) in [5.41, 5.74) is 5.32. The molecule has 0 unspecified atom stereocenters. The van der Waals surface area contributed by atoms with Crippen LogP contribution < -0.4 is 4.74 Å². The summed E-state index contributed by atoms with van der Waals surface area (Å²) < 4.78 is 6.04. The first-order valence-corrected chi connectivity index (χ1v) is 11.2. The molecule has 164 valence electrons. The fourth-order valence-electron chi connectivity index (χ4n) is 4.88. The molecular formula is C26H32N2O3. The van der Waals surface area contributed by atoms with Crippen LogP contribution in [0.5, 0.6) is 5.75 Å². The summed E-state index contributed by atoms with van der Waals surface area (Å²) in [5, 5.41) is 9.38. The minimum Gasteiger partial charge on any atom is -0.489 e. The Morgan fingerprint density at radius 1 is 1.23 bits per heavy atom. The number of ether oxygens (including phenoxy) is 1. The first kappa shape index (κ1) is 21.4. The van der Waals surface area contributed by atoms with Crippen molar-refractivity contribution in [1.82, 2.24) is 4.90 Å². The zero-order valence-electron chi connectivity index (χ0n) is 18.7. The molecule has 1 N–H and O–H groups in total. The average Bonchev–Trinajstić information content (AvgIpc) is 3.16. The van der Waals surface area contributed by atoms with E-state index in [1.807, 2.05) is 31.3 Å². The SMILES string of the molecule is CN1CCN=C1[C@@H](CC(=O)O)c1ccc(OCc2ccc3c(c2)CCCC3(C)C)cc1. The Kier molecular flexibility index (Phi) is 6.03. The molecule has 1 aliphatic heterocycles. The van der Waals surface area contributed by atoms with E-state index >= 15 is 0 Å². The Morgan fingerprint density at radius 2 is 2.00 bits per heavy atom. The van der Waals surface area contributed by atoms with Gasteiger partial charge in [-0.3, -0.25) is 9.79 Å². The molecule has 0 aromatic heterocycles. The maximum Gasteiger partial charge on any atom is 0.304 e. The second-order valence-electron chi connectivity index (χ2n) is 9.40. The number of aryl methyl sites for hydroxylation is 1. The molecule has 1 heterocycles. The fourth-order valence-corrected chi connectivity index (χ4v) is 4.88. The first-order valence-electron chi connectivity index (χ1n) is 11.2. The normalized spacial score (nSPS) is 18.3. The van der Waals surface area contributed by atoms with Crippen molar-refractivity contribution in [2.24, 2.45) is 4.99 Å². The molecule has 2 aromatic carbocycles. The van der Waals surface area contributed by atoms with Gasteiger partial charge in [-0.05, 0) is 59.1 Å². The molecular weight excluding hydrogens is 388 g/mol. The van der Waals surface area contributed by atoms with Crippen LogP contribution in [-0.4, -0.2) is 41.9 Å². The molecule has 4 rings (SSSR count). The van der Waals surface area contributed by atoms with Gasteiger partial charge >= 0.3 is 5.97 Å². The molecule has 1 atom stereocenters. The lowest BCUT2D eigenvalue weighted by atomic mass is 9.72. The first-order chi connectivity index (χ1) is 14.8. The smallest absolute Gasteiger partial charge is 0.304 e. The fraction of sp³-hybridized carbons (Fsp3) is 0.462. The highest BCUT2D eigenvalue weighted by Crippen LogP contribution is 2.37. The highest BCUT2D eigenvalue weighted by atomic mass is 16.5. The van der Waals surface area contributed by atoms with Crippen LogP contribution in [0, 0.1) is 0 Å². The van der Waals surface area contributed by atoms with Gasteiger partial charge in [-0.2, -0.15) is 0 Å². The summed E-state index contributed by atoms with van der Waals surface area (Å²) in [4.78, 5) is 18.0. The molecule has 0 saturated heterocycles. The summed E-state index contributed by atoms with van der Waals surface area (Å²) in [7, 11) is 1.97. The number of aliphatic carboxylic acids is 1. The zero-order valence-corrected chi connectivity index (χ0v) is 18.7. The Labute approximate surface area is 184 Å².